The van der Waals surface area contributed by atoms with E-state index in [2.05, 4.69) is 29.8 Å². The van der Waals surface area contributed by atoms with Crippen LogP contribution in [0, 0.1) is 11.8 Å². The highest BCUT2D eigenvalue weighted by Crippen LogP contribution is 1.99. The van der Waals surface area contributed by atoms with Gasteiger partial charge in [-0.1, -0.05) is 18.9 Å². The SMILES string of the molecule is CC#Cc1ccc(CC)cn1. The summed E-state index contributed by atoms with van der Waals surface area (Å²) >= 11 is 0. The fourth-order valence-electron chi connectivity index (χ4n) is 0.836. The van der Waals surface area contributed by atoms with Crippen molar-refractivity contribution in [2.75, 3.05) is 0 Å². The van der Waals surface area contributed by atoms with Gasteiger partial charge in [0, 0.05) is 6.20 Å². The van der Waals surface area contributed by atoms with Gasteiger partial charge in [-0.25, -0.2) is 4.98 Å². The molecular weight excluding hydrogens is 134 g/mol. The smallest absolute Gasteiger partial charge is 0.113 e. The van der Waals surface area contributed by atoms with Crippen LogP contribution in [0.1, 0.15) is 25.1 Å². The fourth-order valence-corrected chi connectivity index (χ4v) is 0.836. The first-order valence-electron chi connectivity index (χ1n) is 3.74. The summed E-state index contributed by atoms with van der Waals surface area (Å²) in [6.45, 7) is 3.93. The monoisotopic (exact) mass is 145 g/mol. The molecule has 0 aliphatic carbocycles. The minimum Gasteiger partial charge on any atom is -0.248 e. The zero-order valence-corrected chi connectivity index (χ0v) is 6.89. The molecule has 1 aromatic rings. The largest absolute Gasteiger partial charge is 0.248 e. The first-order valence-corrected chi connectivity index (χ1v) is 3.74. The number of pyridine rings is 1. The maximum Gasteiger partial charge on any atom is 0.113 e. The molecule has 0 aliphatic rings. The average molecular weight is 145 g/mol. The Kier molecular flexibility index (Phi) is 2.68. The number of aromatic nitrogens is 1. The van der Waals surface area contributed by atoms with Crippen LogP contribution in [0.5, 0.6) is 0 Å². The lowest BCUT2D eigenvalue weighted by Crippen LogP contribution is -1.84. The molecule has 56 valence electrons. The molecule has 0 fully saturated rings. The maximum absolute atomic E-state index is 4.17. The minimum absolute atomic E-state index is 0.852. The Labute approximate surface area is 67.5 Å². The van der Waals surface area contributed by atoms with Crippen molar-refractivity contribution in [3.05, 3.63) is 29.6 Å². The topological polar surface area (TPSA) is 12.9 Å². The third kappa shape index (κ3) is 2.09. The van der Waals surface area contributed by atoms with Crippen molar-refractivity contribution in [2.45, 2.75) is 20.3 Å². The van der Waals surface area contributed by atoms with Gasteiger partial charge >= 0.3 is 0 Å². The Hall–Kier alpha value is -1.29. The lowest BCUT2D eigenvalue weighted by atomic mass is 10.2. The molecule has 0 bridgehead atoms. The summed E-state index contributed by atoms with van der Waals surface area (Å²) in [4.78, 5) is 4.17. The van der Waals surface area contributed by atoms with Gasteiger partial charge in [0.25, 0.3) is 0 Å². The molecule has 11 heavy (non-hydrogen) atoms. The molecule has 0 unspecified atom stereocenters. The molecule has 1 rings (SSSR count). The Morgan fingerprint density at radius 2 is 2.27 bits per heavy atom. The van der Waals surface area contributed by atoms with E-state index in [0.717, 1.165) is 12.1 Å². The molecule has 1 nitrogen and oxygen atoms in total. The number of aryl methyl sites for hydroxylation is 1. The molecule has 0 N–H and O–H groups in total. The minimum atomic E-state index is 0.852. The van der Waals surface area contributed by atoms with Gasteiger partial charge < -0.3 is 0 Å². The van der Waals surface area contributed by atoms with Crippen molar-refractivity contribution in [1.29, 1.82) is 0 Å². The van der Waals surface area contributed by atoms with Crippen molar-refractivity contribution < 1.29 is 0 Å². The molecule has 0 aliphatic heterocycles. The Morgan fingerprint density at radius 1 is 1.45 bits per heavy atom. The Morgan fingerprint density at radius 3 is 2.73 bits per heavy atom. The predicted molar refractivity (Wildman–Crippen MR) is 46.2 cm³/mol. The highest BCUT2D eigenvalue weighted by atomic mass is 14.7. The predicted octanol–water partition coefficient (Wildman–Crippen LogP) is 2.02. The third-order valence-corrected chi connectivity index (χ3v) is 1.49. The molecule has 0 amide bonds. The van der Waals surface area contributed by atoms with E-state index < -0.39 is 0 Å². The zero-order valence-electron chi connectivity index (χ0n) is 6.89. The lowest BCUT2D eigenvalue weighted by Gasteiger charge is -1.93. The molecule has 0 aromatic carbocycles. The number of hydrogen-bond donors (Lipinski definition) is 0. The van der Waals surface area contributed by atoms with Crippen LogP contribution in [-0.2, 0) is 6.42 Å². The standard InChI is InChI=1S/C10H11N/c1-3-5-10-7-6-9(4-2)8-11-10/h6-8H,4H2,1-2H3. The number of rotatable bonds is 1. The Bertz CT molecular complexity index is 274. The van der Waals surface area contributed by atoms with Gasteiger partial charge in [0.15, 0.2) is 0 Å². The first kappa shape index (κ1) is 7.81. The van der Waals surface area contributed by atoms with E-state index in [1.165, 1.54) is 5.56 Å². The number of nitrogens with zero attached hydrogens (tertiary/aromatic N) is 1. The van der Waals surface area contributed by atoms with E-state index in [0.29, 0.717) is 0 Å². The average Bonchev–Trinajstić information content (AvgIpc) is 2.07. The molecule has 1 aromatic heterocycles. The normalized spacial score (nSPS) is 8.55. The molecule has 1 heterocycles. The molecule has 0 atom stereocenters. The van der Waals surface area contributed by atoms with Gasteiger partial charge in [-0.3, -0.25) is 0 Å². The third-order valence-electron chi connectivity index (χ3n) is 1.49. The van der Waals surface area contributed by atoms with Gasteiger partial charge in [-0.2, -0.15) is 0 Å². The van der Waals surface area contributed by atoms with Gasteiger partial charge in [-0.15, -0.1) is 0 Å². The van der Waals surface area contributed by atoms with Crippen LogP contribution in [-0.4, -0.2) is 4.98 Å². The maximum atomic E-state index is 4.17. The first-order chi connectivity index (χ1) is 5.36. The second kappa shape index (κ2) is 3.78. The summed E-state index contributed by atoms with van der Waals surface area (Å²) in [6, 6.07) is 4.02. The van der Waals surface area contributed by atoms with Gasteiger partial charge in [0.05, 0.1) is 0 Å². The van der Waals surface area contributed by atoms with Crippen LogP contribution in [0.15, 0.2) is 18.3 Å². The number of hydrogen-bond acceptors (Lipinski definition) is 1. The second-order valence-electron chi connectivity index (χ2n) is 2.28. The summed E-state index contributed by atoms with van der Waals surface area (Å²) < 4.78 is 0. The van der Waals surface area contributed by atoms with Crippen molar-refractivity contribution in [3.8, 4) is 11.8 Å². The second-order valence-corrected chi connectivity index (χ2v) is 2.28. The van der Waals surface area contributed by atoms with Crippen LogP contribution in [0.3, 0.4) is 0 Å². The van der Waals surface area contributed by atoms with Crippen molar-refractivity contribution in [2.24, 2.45) is 0 Å². The molecular formula is C10H11N. The quantitative estimate of drug-likeness (QED) is 0.551. The Balaban J connectivity index is 2.88. The van der Waals surface area contributed by atoms with Gasteiger partial charge in [-0.05, 0) is 30.9 Å². The van der Waals surface area contributed by atoms with Gasteiger partial charge in [0.1, 0.15) is 5.69 Å². The fraction of sp³-hybridized carbons (Fsp3) is 0.300. The van der Waals surface area contributed by atoms with E-state index in [9.17, 15) is 0 Å². The summed E-state index contributed by atoms with van der Waals surface area (Å²) in [7, 11) is 0. The molecule has 0 spiro atoms. The molecule has 0 radical (unpaired) electrons. The summed E-state index contributed by atoms with van der Waals surface area (Å²) in [5.41, 5.74) is 2.11. The highest BCUT2D eigenvalue weighted by molar-refractivity contribution is 5.28. The van der Waals surface area contributed by atoms with Crippen LogP contribution < -0.4 is 0 Å². The van der Waals surface area contributed by atoms with E-state index in [-0.39, 0.29) is 0 Å². The lowest BCUT2D eigenvalue weighted by molar-refractivity contribution is 1.10. The summed E-state index contributed by atoms with van der Waals surface area (Å²) in [5.74, 6) is 5.71. The summed E-state index contributed by atoms with van der Waals surface area (Å²) in [5, 5.41) is 0. The highest BCUT2D eigenvalue weighted by Gasteiger charge is 1.88. The van der Waals surface area contributed by atoms with Crippen LogP contribution in [0.4, 0.5) is 0 Å². The summed E-state index contributed by atoms with van der Waals surface area (Å²) in [6.07, 6.45) is 2.91. The van der Waals surface area contributed by atoms with E-state index in [1.54, 1.807) is 0 Å². The molecule has 0 saturated heterocycles. The van der Waals surface area contributed by atoms with E-state index in [4.69, 9.17) is 0 Å². The van der Waals surface area contributed by atoms with Crippen molar-refractivity contribution in [3.63, 3.8) is 0 Å². The van der Waals surface area contributed by atoms with Crippen LogP contribution >= 0.6 is 0 Å². The van der Waals surface area contributed by atoms with Crippen molar-refractivity contribution in [1.82, 2.24) is 4.98 Å². The van der Waals surface area contributed by atoms with E-state index in [1.807, 2.05) is 19.2 Å². The van der Waals surface area contributed by atoms with E-state index >= 15 is 0 Å². The van der Waals surface area contributed by atoms with Crippen LogP contribution in [0.2, 0.25) is 0 Å². The molecule has 1 heteroatoms. The van der Waals surface area contributed by atoms with Gasteiger partial charge in [0.2, 0.25) is 0 Å². The van der Waals surface area contributed by atoms with Crippen molar-refractivity contribution >= 4 is 0 Å². The molecule has 0 saturated carbocycles. The zero-order chi connectivity index (χ0) is 8.10. The van der Waals surface area contributed by atoms with Crippen LogP contribution in [0.25, 0.3) is 0 Å².